The van der Waals surface area contributed by atoms with Crippen LogP contribution in [0.3, 0.4) is 0 Å². The van der Waals surface area contributed by atoms with Gasteiger partial charge in [0.05, 0.1) is 6.61 Å². The molecule has 3 heteroatoms. The molecule has 92 valence electrons. The Kier molecular flexibility index (Phi) is 4.61. The Morgan fingerprint density at radius 2 is 2.29 bits per heavy atom. The highest BCUT2D eigenvalue weighted by molar-refractivity contribution is 6.01. The standard InChI is InChI=1S/C14H18O3/c1-5-6-11(2)10-17-14(16-4)8-7-13(15)9-12(14)3/h5-9H,1,10H2,2-4H3/b11-6+. The Balaban J connectivity index is 2.81. The van der Waals surface area contributed by atoms with E-state index in [1.165, 1.54) is 12.2 Å². The molecule has 1 aliphatic rings. The van der Waals surface area contributed by atoms with Gasteiger partial charge in [0.1, 0.15) is 0 Å². The molecule has 0 amide bonds. The number of hydrogen-bond donors (Lipinski definition) is 0. The topological polar surface area (TPSA) is 35.5 Å². The molecule has 1 rings (SSSR count). The summed E-state index contributed by atoms with van der Waals surface area (Å²) < 4.78 is 11.1. The molecule has 1 unspecified atom stereocenters. The number of hydrogen-bond acceptors (Lipinski definition) is 3. The number of ketones is 1. The zero-order chi connectivity index (χ0) is 12.9. The summed E-state index contributed by atoms with van der Waals surface area (Å²) in [6, 6.07) is 0. The lowest BCUT2D eigenvalue weighted by molar-refractivity contribution is -0.157. The third kappa shape index (κ3) is 3.25. The van der Waals surface area contributed by atoms with E-state index in [2.05, 4.69) is 6.58 Å². The molecule has 1 aliphatic carbocycles. The number of carbonyl (C=O) groups excluding carboxylic acids is 1. The molecule has 0 aliphatic heterocycles. The fraction of sp³-hybridized carbons (Fsp3) is 0.357. The lowest BCUT2D eigenvalue weighted by Gasteiger charge is -2.32. The highest BCUT2D eigenvalue weighted by atomic mass is 16.7. The summed E-state index contributed by atoms with van der Waals surface area (Å²) in [5, 5.41) is 0. The maximum absolute atomic E-state index is 11.2. The summed E-state index contributed by atoms with van der Waals surface area (Å²) in [6.45, 7) is 7.81. The minimum absolute atomic E-state index is 0.0443. The van der Waals surface area contributed by atoms with Gasteiger partial charge in [-0.15, -0.1) is 0 Å². The minimum atomic E-state index is -0.926. The van der Waals surface area contributed by atoms with Gasteiger partial charge >= 0.3 is 0 Å². The predicted octanol–water partition coefficient (Wildman–Crippen LogP) is 2.56. The zero-order valence-corrected chi connectivity index (χ0v) is 10.5. The molecule has 0 saturated carbocycles. The van der Waals surface area contributed by atoms with Crippen LogP contribution >= 0.6 is 0 Å². The molecular weight excluding hydrogens is 216 g/mol. The van der Waals surface area contributed by atoms with Crippen molar-refractivity contribution in [2.45, 2.75) is 19.6 Å². The van der Waals surface area contributed by atoms with Crippen LogP contribution in [0.5, 0.6) is 0 Å². The van der Waals surface area contributed by atoms with E-state index in [1.54, 1.807) is 19.3 Å². The smallest absolute Gasteiger partial charge is 0.211 e. The summed E-state index contributed by atoms with van der Waals surface area (Å²) in [4.78, 5) is 11.2. The third-order valence-electron chi connectivity index (χ3n) is 2.60. The van der Waals surface area contributed by atoms with Crippen molar-refractivity contribution in [2.24, 2.45) is 0 Å². The van der Waals surface area contributed by atoms with Crippen molar-refractivity contribution in [3.8, 4) is 0 Å². The predicted molar refractivity (Wildman–Crippen MR) is 67.6 cm³/mol. The summed E-state index contributed by atoms with van der Waals surface area (Å²) in [7, 11) is 1.56. The first-order valence-corrected chi connectivity index (χ1v) is 5.43. The van der Waals surface area contributed by atoms with E-state index < -0.39 is 5.79 Å². The van der Waals surface area contributed by atoms with Gasteiger partial charge in [-0.1, -0.05) is 18.7 Å². The molecule has 3 nitrogen and oxygen atoms in total. The Morgan fingerprint density at radius 1 is 1.59 bits per heavy atom. The summed E-state index contributed by atoms with van der Waals surface area (Å²) in [6.07, 6.45) is 8.21. The van der Waals surface area contributed by atoms with Gasteiger partial charge in [-0.2, -0.15) is 0 Å². The molecule has 0 aromatic rings. The summed E-state index contributed by atoms with van der Waals surface area (Å²) in [5.74, 6) is -0.971. The lowest BCUT2D eigenvalue weighted by atomic mass is 10.00. The largest absolute Gasteiger partial charge is 0.346 e. The molecule has 0 saturated heterocycles. The zero-order valence-electron chi connectivity index (χ0n) is 10.5. The highest BCUT2D eigenvalue weighted by Crippen LogP contribution is 2.28. The molecule has 1 atom stereocenters. The molecular formula is C14H18O3. The fourth-order valence-corrected chi connectivity index (χ4v) is 1.61. The second-order valence-corrected chi connectivity index (χ2v) is 3.97. The number of methoxy groups -OCH3 is 1. The van der Waals surface area contributed by atoms with Crippen molar-refractivity contribution >= 4 is 5.78 Å². The lowest BCUT2D eigenvalue weighted by Crippen LogP contribution is -2.36. The van der Waals surface area contributed by atoms with Gasteiger partial charge in [0.25, 0.3) is 0 Å². The molecule has 0 aromatic carbocycles. The Morgan fingerprint density at radius 3 is 2.82 bits per heavy atom. The van der Waals surface area contributed by atoms with Gasteiger partial charge < -0.3 is 9.47 Å². The van der Waals surface area contributed by atoms with E-state index >= 15 is 0 Å². The van der Waals surface area contributed by atoms with Crippen molar-refractivity contribution in [3.63, 3.8) is 0 Å². The number of allylic oxidation sites excluding steroid dienone is 4. The van der Waals surface area contributed by atoms with Gasteiger partial charge in [-0.25, -0.2) is 0 Å². The fourth-order valence-electron chi connectivity index (χ4n) is 1.61. The van der Waals surface area contributed by atoms with Crippen LogP contribution in [0.4, 0.5) is 0 Å². The van der Waals surface area contributed by atoms with Crippen LogP contribution in [0.25, 0.3) is 0 Å². The SMILES string of the molecule is C=C/C=C(\C)COC1(OC)C=CC(=O)C=C1C. The van der Waals surface area contributed by atoms with Crippen molar-refractivity contribution in [3.05, 3.63) is 48.1 Å². The average Bonchev–Trinajstić information content (AvgIpc) is 2.29. The Labute approximate surface area is 102 Å². The molecule has 0 spiro atoms. The van der Waals surface area contributed by atoms with Crippen LogP contribution in [0.15, 0.2) is 48.1 Å². The maximum Gasteiger partial charge on any atom is 0.211 e. The van der Waals surface area contributed by atoms with E-state index in [1.807, 2.05) is 19.9 Å². The van der Waals surface area contributed by atoms with Gasteiger partial charge in [-0.05, 0) is 43.2 Å². The van der Waals surface area contributed by atoms with Crippen molar-refractivity contribution in [2.75, 3.05) is 13.7 Å². The van der Waals surface area contributed by atoms with Crippen molar-refractivity contribution in [1.29, 1.82) is 0 Å². The minimum Gasteiger partial charge on any atom is -0.346 e. The Hall–Kier alpha value is -1.45. The average molecular weight is 234 g/mol. The number of carbonyl (C=O) groups is 1. The van der Waals surface area contributed by atoms with E-state index in [0.29, 0.717) is 6.61 Å². The van der Waals surface area contributed by atoms with Gasteiger partial charge in [0, 0.05) is 7.11 Å². The van der Waals surface area contributed by atoms with Crippen LogP contribution in [0.1, 0.15) is 13.8 Å². The maximum atomic E-state index is 11.2. The van der Waals surface area contributed by atoms with Crippen LogP contribution < -0.4 is 0 Å². The highest BCUT2D eigenvalue weighted by Gasteiger charge is 2.33. The van der Waals surface area contributed by atoms with Gasteiger partial charge in [0.2, 0.25) is 5.79 Å². The summed E-state index contributed by atoms with van der Waals surface area (Å²) in [5.41, 5.74) is 1.79. The molecule has 0 bridgehead atoms. The van der Waals surface area contributed by atoms with Gasteiger partial charge in [-0.3, -0.25) is 4.79 Å². The first kappa shape index (κ1) is 13.6. The monoisotopic (exact) mass is 234 g/mol. The second kappa shape index (κ2) is 5.75. The third-order valence-corrected chi connectivity index (χ3v) is 2.60. The number of rotatable bonds is 5. The van der Waals surface area contributed by atoms with E-state index in [-0.39, 0.29) is 5.78 Å². The normalized spacial score (nSPS) is 24.8. The van der Waals surface area contributed by atoms with Crippen LogP contribution in [0, 0.1) is 0 Å². The molecule has 0 heterocycles. The molecule has 0 radical (unpaired) electrons. The van der Waals surface area contributed by atoms with E-state index in [0.717, 1.165) is 11.1 Å². The van der Waals surface area contributed by atoms with Crippen LogP contribution in [-0.2, 0) is 14.3 Å². The van der Waals surface area contributed by atoms with Gasteiger partial charge in [0.15, 0.2) is 5.78 Å². The Bertz CT molecular complexity index is 402. The first-order chi connectivity index (χ1) is 8.04. The molecule has 0 aromatic heterocycles. The molecule has 0 fully saturated rings. The number of ether oxygens (including phenoxy) is 2. The first-order valence-electron chi connectivity index (χ1n) is 5.43. The molecule has 17 heavy (non-hydrogen) atoms. The van der Waals surface area contributed by atoms with Crippen molar-refractivity contribution < 1.29 is 14.3 Å². The quantitative estimate of drug-likeness (QED) is 0.541. The van der Waals surface area contributed by atoms with Crippen molar-refractivity contribution in [1.82, 2.24) is 0 Å². The van der Waals surface area contributed by atoms with E-state index in [4.69, 9.17) is 9.47 Å². The van der Waals surface area contributed by atoms with Crippen LogP contribution in [-0.4, -0.2) is 25.3 Å². The second-order valence-electron chi connectivity index (χ2n) is 3.97. The molecule has 0 N–H and O–H groups in total. The van der Waals surface area contributed by atoms with E-state index in [9.17, 15) is 4.79 Å². The van der Waals surface area contributed by atoms with Crippen LogP contribution in [0.2, 0.25) is 0 Å². The summed E-state index contributed by atoms with van der Waals surface area (Å²) >= 11 is 0.